The zero-order chi connectivity index (χ0) is 17.4. The van der Waals surface area contributed by atoms with E-state index in [0.29, 0.717) is 6.54 Å². The molecule has 2 heterocycles. The highest BCUT2D eigenvalue weighted by Gasteiger charge is 2.16. The number of anilines is 2. The minimum absolute atomic E-state index is 0.0848. The van der Waals surface area contributed by atoms with Crippen LogP contribution in [-0.4, -0.2) is 26.2 Å². The second-order valence-electron chi connectivity index (χ2n) is 6.19. The third kappa shape index (κ3) is 2.62. The van der Waals surface area contributed by atoms with Gasteiger partial charge in [-0.25, -0.2) is 9.97 Å². The van der Waals surface area contributed by atoms with Gasteiger partial charge in [0.1, 0.15) is 17.8 Å². The minimum atomic E-state index is 0.0848. The third-order valence-corrected chi connectivity index (χ3v) is 4.74. The van der Waals surface area contributed by atoms with E-state index >= 15 is 0 Å². The Balaban J connectivity index is 1.82. The topological polar surface area (TPSA) is 63.0 Å². The number of nitrogens with one attached hydrogen (secondary N) is 1. The first-order valence-electron chi connectivity index (χ1n) is 8.36. The molecule has 25 heavy (non-hydrogen) atoms. The van der Waals surface area contributed by atoms with Crippen LogP contribution in [0, 0.1) is 13.8 Å². The number of aromatic nitrogens is 3. The first-order valence-corrected chi connectivity index (χ1v) is 8.36. The number of rotatable bonds is 4. The maximum atomic E-state index is 9.34. The molecule has 0 aliphatic rings. The minimum Gasteiger partial charge on any atom is -0.395 e. The monoisotopic (exact) mass is 332 g/mol. The van der Waals surface area contributed by atoms with Crippen molar-refractivity contribution >= 4 is 33.3 Å². The van der Waals surface area contributed by atoms with Crippen molar-refractivity contribution < 1.29 is 5.11 Å². The van der Waals surface area contributed by atoms with Gasteiger partial charge in [-0.3, -0.25) is 0 Å². The number of hydrogen-bond acceptors (Lipinski definition) is 4. The molecule has 0 bridgehead atoms. The van der Waals surface area contributed by atoms with Gasteiger partial charge in [0, 0.05) is 17.9 Å². The van der Waals surface area contributed by atoms with Crippen LogP contribution in [0.5, 0.6) is 0 Å². The van der Waals surface area contributed by atoms with Crippen LogP contribution in [-0.2, 0) is 6.54 Å². The molecule has 0 aliphatic heterocycles. The smallest absolute Gasteiger partial charge is 0.146 e. The van der Waals surface area contributed by atoms with Crippen molar-refractivity contribution in [1.82, 2.24) is 14.5 Å². The summed E-state index contributed by atoms with van der Waals surface area (Å²) in [5.74, 6) is 0.789. The second kappa shape index (κ2) is 6.18. The summed E-state index contributed by atoms with van der Waals surface area (Å²) in [4.78, 5) is 8.89. The van der Waals surface area contributed by atoms with E-state index in [4.69, 9.17) is 0 Å². The van der Waals surface area contributed by atoms with Crippen LogP contribution in [0.25, 0.3) is 21.8 Å². The van der Waals surface area contributed by atoms with Crippen LogP contribution in [0.4, 0.5) is 11.5 Å². The van der Waals surface area contributed by atoms with Crippen molar-refractivity contribution in [2.75, 3.05) is 11.9 Å². The summed E-state index contributed by atoms with van der Waals surface area (Å²) in [6, 6.07) is 14.6. The molecule has 4 rings (SSSR count). The molecule has 2 N–H and O–H groups in total. The van der Waals surface area contributed by atoms with Gasteiger partial charge in [-0.2, -0.15) is 0 Å². The van der Waals surface area contributed by atoms with Crippen molar-refractivity contribution in [2.45, 2.75) is 20.4 Å². The lowest BCUT2D eigenvalue weighted by atomic mass is 10.1. The number of hydrogen-bond donors (Lipinski definition) is 2. The highest BCUT2D eigenvalue weighted by molar-refractivity contribution is 5.94. The van der Waals surface area contributed by atoms with E-state index in [0.717, 1.165) is 33.8 Å². The summed E-state index contributed by atoms with van der Waals surface area (Å²) in [5, 5.41) is 16.2. The van der Waals surface area contributed by atoms with Crippen LogP contribution in [0.2, 0.25) is 0 Å². The molecule has 126 valence electrons. The van der Waals surface area contributed by atoms with Crippen molar-refractivity contribution in [3.63, 3.8) is 0 Å². The molecule has 0 unspecified atom stereocenters. The summed E-state index contributed by atoms with van der Waals surface area (Å²) < 4.78 is 2.04. The highest BCUT2D eigenvalue weighted by atomic mass is 16.3. The van der Waals surface area contributed by atoms with Crippen LogP contribution in [0.1, 0.15) is 11.3 Å². The number of fused-ring (bicyclic) bond motifs is 2. The fourth-order valence-electron chi connectivity index (χ4n) is 3.34. The van der Waals surface area contributed by atoms with Crippen LogP contribution < -0.4 is 5.32 Å². The SMILES string of the molecule is Cc1c(C)n(CCO)c2ncnc(Nc3ccc4ccccc4c3)c12. The number of benzene rings is 2. The molecule has 5 nitrogen and oxygen atoms in total. The van der Waals surface area contributed by atoms with E-state index < -0.39 is 0 Å². The predicted octanol–water partition coefficient (Wildman–Crippen LogP) is 3.94. The number of nitrogens with zero attached hydrogens (tertiary/aromatic N) is 3. The molecular weight excluding hydrogens is 312 g/mol. The van der Waals surface area contributed by atoms with Gasteiger partial charge in [-0.15, -0.1) is 0 Å². The van der Waals surface area contributed by atoms with Crippen molar-refractivity contribution in [3.8, 4) is 0 Å². The Labute approximate surface area is 146 Å². The molecule has 0 spiro atoms. The second-order valence-corrected chi connectivity index (χ2v) is 6.19. The fourth-order valence-corrected chi connectivity index (χ4v) is 3.34. The molecule has 2 aromatic heterocycles. The van der Waals surface area contributed by atoms with E-state index in [-0.39, 0.29) is 6.61 Å². The van der Waals surface area contributed by atoms with Crippen molar-refractivity contribution in [3.05, 3.63) is 60.0 Å². The number of aliphatic hydroxyl groups excluding tert-OH is 1. The summed E-state index contributed by atoms with van der Waals surface area (Å²) in [6.07, 6.45) is 1.57. The summed E-state index contributed by atoms with van der Waals surface area (Å²) in [6.45, 7) is 4.73. The Morgan fingerprint density at radius 1 is 1.04 bits per heavy atom. The maximum Gasteiger partial charge on any atom is 0.146 e. The van der Waals surface area contributed by atoms with Gasteiger partial charge in [0.15, 0.2) is 0 Å². The summed E-state index contributed by atoms with van der Waals surface area (Å²) >= 11 is 0. The largest absolute Gasteiger partial charge is 0.395 e. The lowest BCUT2D eigenvalue weighted by molar-refractivity contribution is 0.276. The van der Waals surface area contributed by atoms with Gasteiger partial charge >= 0.3 is 0 Å². The zero-order valence-corrected chi connectivity index (χ0v) is 14.3. The standard InChI is InChI=1S/C20H20N4O/c1-13-14(2)24(9-10-25)20-18(13)19(21-12-22-20)23-17-8-7-15-5-3-4-6-16(15)11-17/h3-8,11-12,25H,9-10H2,1-2H3,(H,21,22,23). The van der Waals surface area contributed by atoms with E-state index in [1.54, 1.807) is 6.33 Å². The summed E-state index contributed by atoms with van der Waals surface area (Å²) in [7, 11) is 0. The highest BCUT2D eigenvalue weighted by Crippen LogP contribution is 2.31. The van der Waals surface area contributed by atoms with Crippen LogP contribution in [0.15, 0.2) is 48.8 Å². The van der Waals surface area contributed by atoms with Gasteiger partial charge in [0.2, 0.25) is 0 Å². The molecule has 0 amide bonds. The van der Waals surface area contributed by atoms with Gasteiger partial charge in [-0.05, 0) is 42.3 Å². The van der Waals surface area contributed by atoms with Crippen LogP contribution in [0.3, 0.4) is 0 Å². The lowest BCUT2D eigenvalue weighted by Gasteiger charge is -2.09. The number of aliphatic hydroxyl groups is 1. The Hall–Kier alpha value is -2.92. The molecule has 0 atom stereocenters. The molecule has 4 aromatic rings. The maximum absolute atomic E-state index is 9.34. The Bertz CT molecular complexity index is 1070. The normalized spacial score (nSPS) is 11.3. The third-order valence-electron chi connectivity index (χ3n) is 4.74. The van der Waals surface area contributed by atoms with Gasteiger partial charge in [0.05, 0.1) is 12.0 Å². The molecule has 0 saturated carbocycles. The fraction of sp³-hybridized carbons (Fsp3) is 0.200. The van der Waals surface area contributed by atoms with Crippen molar-refractivity contribution in [2.24, 2.45) is 0 Å². The van der Waals surface area contributed by atoms with E-state index in [1.165, 1.54) is 10.8 Å². The number of aryl methyl sites for hydroxylation is 1. The van der Waals surface area contributed by atoms with Gasteiger partial charge in [-0.1, -0.05) is 30.3 Å². The average molecular weight is 332 g/mol. The molecule has 2 aromatic carbocycles. The molecule has 0 aliphatic carbocycles. The molecule has 0 saturated heterocycles. The van der Waals surface area contributed by atoms with Gasteiger partial charge < -0.3 is 15.0 Å². The van der Waals surface area contributed by atoms with Crippen LogP contribution >= 0.6 is 0 Å². The quantitative estimate of drug-likeness (QED) is 0.594. The van der Waals surface area contributed by atoms with E-state index in [1.807, 2.05) is 23.6 Å². The molecule has 0 fully saturated rings. The van der Waals surface area contributed by atoms with Crippen molar-refractivity contribution in [1.29, 1.82) is 0 Å². The zero-order valence-electron chi connectivity index (χ0n) is 14.3. The summed E-state index contributed by atoms with van der Waals surface area (Å²) in [5.41, 5.74) is 4.08. The Kier molecular flexibility index (Phi) is 3.86. The lowest BCUT2D eigenvalue weighted by Crippen LogP contribution is -2.05. The van der Waals surface area contributed by atoms with E-state index in [9.17, 15) is 5.11 Å². The van der Waals surface area contributed by atoms with Gasteiger partial charge in [0.25, 0.3) is 0 Å². The molecular formula is C20H20N4O. The Morgan fingerprint density at radius 2 is 1.84 bits per heavy atom. The molecule has 0 radical (unpaired) electrons. The van der Waals surface area contributed by atoms with E-state index in [2.05, 4.69) is 52.5 Å². The predicted molar refractivity (Wildman–Crippen MR) is 101 cm³/mol. The first-order chi connectivity index (χ1) is 12.2. The average Bonchev–Trinajstić information content (AvgIpc) is 2.88. The Morgan fingerprint density at radius 3 is 2.64 bits per heavy atom. The molecule has 5 heteroatoms. The first kappa shape index (κ1) is 15.6.